The first-order valence-electron chi connectivity index (χ1n) is 6.90. The van der Waals surface area contributed by atoms with Gasteiger partial charge in [0.15, 0.2) is 0 Å². The van der Waals surface area contributed by atoms with Crippen LogP contribution in [0, 0.1) is 21.8 Å². The molecule has 2 atom stereocenters. The molecule has 1 saturated heterocycles. The molecule has 0 saturated carbocycles. The monoisotopic (exact) mass is 331 g/mol. The minimum Gasteiger partial charge on any atom is -0.334 e. The van der Waals surface area contributed by atoms with Crippen molar-refractivity contribution >= 4 is 24.0 Å². The summed E-state index contributed by atoms with van der Waals surface area (Å²) in [5.41, 5.74) is 5.30. The predicted molar refractivity (Wildman–Crippen MR) is 82.6 cm³/mol. The Morgan fingerprint density at radius 1 is 1.50 bits per heavy atom. The maximum Gasteiger partial charge on any atom is 0.273 e. The van der Waals surface area contributed by atoms with Gasteiger partial charge in [-0.2, -0.15) is 0 Å². The van der Waals surface area contributed by atoms with Gasteiger partial charge in [0.05, 0.1) is 11.0 Å². The fraction of sp³-hybridized carbons (Fsp3) is 0.500. The molecule has 1 aromatic rings. The summed E-state index contributed by atoms with van der Waals surface area (Å²) in [6.07, 6.45) is 1.83. The lowest BCUT2D eigenvalue weighted by atomic mass is 9.90. The first-order valence-corrected chi connectivity index (χ1v) is 6.90. The Morgan fingerprint density at radius 2 is 2.18 bits per heavy atom. The summed E-state index contributed by atoms with van der Waals surface area (Å²) >= 11 is 0. The second kappa shape index (κ2) is 7.51. The summed E-state index contributed by atoms with van der Waals surface area (Å²) < 4.78 is 13.5. The van der Waals surface area contributed by atoms with Crippen LogP contribution in [-0.2, 0) is 0 Å². The van der Waals surface area contributed by atoms with Crippen LogP contribution in [0.25, 0.3) is 0 Å². The van der Waals surface area contributed by atoms with Gasteiger partial charge < -0.3 is 10.6 Å². The molecule has 0 spiro atoms. The minimum absolute atomic E-state index is 0. The molecule has 122 valence electrons. The van der Waals surface area contributed by atoms with Gasteiger partial charge in [0.2, 0.25) is 0 Å². The van der Waals surface area contributed by atoms with E-state index in [9.17, 15) is 19.3 Å². The fourth-order valence-electron chi connectivity index (χ4n) is 2.83. The van der Waals surface area contributed by atoms with E-state index < -0.39 is 22.3 Å². The lowest BCUT2D eigenvalue weighted by Gasteiger charge is -2.39. The molecule has 22 heavy (non-hydrogen) atoms. The van der Waals surface area contributed by atoms with Crippen molar-refractivity contribution in [1.82, 2.24) is 4.90 Å². The SMILES string of the molecule is CC1CCCN(C(=O)c2cc(F)cc([N+](=O)[O-])c2)C1CN.Cl. The molecule has 0 radical (unpaired) electrons. The van der Waals surface area contributed by atoms with Gasteiger partial charge in [-0.25, -0.2) is 4.39 Å². The number of amides is 1. The molecule has 1 heterocycles. The first-order chi connectivity index (χ1) is 9.93. The summed E-state index contributed by atoms with van der Waals surface area (Å²) in [7, 11) is 0. The number of halogens is 2. The minimum atomic E-state index is -0.790. The largest absolute Gasteiger partial charge is 0.334 e. The van der Waals surface area contributed by atoms with Crippen LogP contribution < -0.4 is 5.73 Å². The van der Waals surface area contributed by atoms with E-state index in [0.29, 0.717) is 13.1 Å². The molecule has 0 bridgehead atoms. The molecular weight excluding hydrogens is 313 g/mol. The second-order valence-corrected chi connectivity index (χ2v) is 5.38. The Bertz CT molecular complexity index is 570. The van der Waals surface area contributed by atoms with E-state index in [4.69, 9.17) is 5.73 Å². The van der Waals surface area contributed by atoms with Crippen LogP contribution in [0.4, 0.5) is 10.1 Å². The van der Waals surface area contributed by atoms with Gasteiger partial charge in [-0.1, -0.05) is 6.92 Å². The van der Waals surface area contributed by atoms with Crippen molar-refractivity contribution in [2.75, 3.05) is 13.1 Å². The van der Waals surface area contributed by atoms with Gasteiger partial charge in [0.1, 0.15) is 5.82 Å². The molecule has 0 aromatic heterocycles. The van der Waals surface area contributed by atoms with E-state index >= 15 is 0 Å². The lowest BCUT2D eigenvalue weighted by molar-refractivity contribution is -0.385. The summed E-state index contributed by atoms with van der Waals surface area (Å²) in [4.78, 5) is 24.2. The number of carbonyl (C=O) groups excluding carboxylic acids is 1. The number of nitro benzene ring substituents is 1. The van der Waals surface area contributed by atoms with Crippen molar-refractivity contribution < 1.29 is 14.1 Å². The second-order valence-electron chi connectivity index (χ2n) is 5.38. The molecule has 1 aliphatic heterocycles. The Hall–Kier alpha value is -1.73. The molecule has 6 nitrogen and oxygen atoms in total. The van der Waals surface area contributed by atoms with E-state index in [0.717, 1.165) is 31.0 Å². The van der Waals surface area contributed by atoms with Crippen LogP contribution in [0.1, 0.15) is 30.1 Å². The number of non-ortho nitro benzene ring substituents is 1. The number of hydrogen-bond donors (Lipinski definition) is 1. The number of nitrogens with two attached hydrogens (primary N) is 1. The van der Waals surface area contributed by atoms with E-state index in [1.807, 2.05) is 6.92 Å². The number of rotatable bonds is 3. The molecule has 2 N–H and O–H groups in total. The molecule has 2 unspecified atom stereocenters. The summed E-state index contributed by atoms with van der Waals surface area (Å²) in [5.74, 6) is -0.933. The maximum atomic E-state index is 13.5. The Morgan fingerprint density at radius 3 is 2.77 bits per heavy atom. The lowest BCUT2D eigenvalue weighted by Crippen LogP contribution is -2.51. The summed E-state index contributed by atoms with van der Waals surface area (Å²) in [6, 6.07) is 2.82. The standard InChI is InChI=1S/C14H18FN3O3.ClH/c1-9-3-2-4-17(13(9)8-16)14(19)10-5-11(15)7-12(6-10)18(20)21;/h5-7,9,13H,2-4,8,16H2,1H3;1H. The van der Waals surface area contributed by atoms with Gasteiger partial charge >= 0.3 is 0 Å². The van der Waals surface area contributed by atoms with Crippen LogP contribution in [0.5, 0.6) is 0 Å². The van der Waals surface area contributed by atoms with Gasteiger partial charge in [-0.05, 0) is 24.8 Å². The third kappa shape index (κ3) is 3.72. The van der Waals surface area contributed by atoms with Gasteiger partial charge in [0, 0.05) is 30.8 Å². The van der Waals surface area contributed by atoms with Gasteiger partial charge in [-0.3, -0.25) is 14.9 Å². The van der Waals surface area contributed by atoms with Crippen LogP contribution in [0.15, 0.2) is 18.2 Å². The highest BCUT2D eigenvalue weighted by molar-refractivity contribution is 5.95. The number of nitro groups is 1. The van der Waals surface area contributed by atoms with Crippen molar-refractivity contribution in [2.45, 2.75) is 25.8 Å². The van der Waals surface area contributed by atoms with E-state index in [1.165, 1.54) is 0 Å². The Kier molecular flexibility index (Phi) is 6.25. The molecule has 2 rings (SSSR count). The molecule has 1 fully saturated rings. The quantitative estimate of drug-likeness (QED) is 0.680. The zero-order chi connectivity index (χ0) is 15.6. The first kappa shape index (κ1) is 18.3. The topological polar surface area (TPSA) is 89.5 Å². The number of likely N-dealkylation sites (tertiary alicyclic amines) is 1. The van der Waals surface area contributed by atoms with Crippen LogP contribution >= 0.6 is 12.4 Å². The number of carbonyl (C=O) groups is 1. The highest BCUT2D eigenvalue weighted by atomic mass is 35.5. The predicted octanol–water partition coefficient (Wildman–Crippen LogP) is 2.36. The van der Waals surface area contributed by atoms with Crippen LogP contribution in [-0.4, -0.2) is 34.9 Å². The number of nitrogens with zero attached hydrogens (tertiary/aromatic N) is 2. The third-order valence-electron chi connectivity index (χ3n) is 3.96. The fourth-order valence-corrected chi connectivity index (χ4v) is 2.83. The zero-order valence-electron chi connectivity index (χ0n) is 12.2. The number of hydrogen-bond acceptors (Lipinski definition) is 4. The van der Waals surface area contributed by atoms with Crippen molar-refractivity contribution in [1.29, 1.82) is 0 Å². The normalized spacial score (nSPS) is 21.1. The molecule has 1 aliphatic rings. The number of piperidine rings is 1. The third-order valence-corrected chi connectivity index (χ3v) is 3.96. The smallest absolute Gasteiger partial charge is 0.273 e. The summed E-state index contributed by atoms with van der Waals surface area (Å²) in [6.45, 7) is 2.88. The maximum absolute atomic E-state index is 13.5. The van der Waals surface area contributed by atoms with Crippen LogP contribution in [0.2, 0.25) is 0 Å². The molecule has 0 aliphatic carbocycles. The van der Waals surface area contributed by atoms with Crippen molar-refractivity contribution in [3.8, 4) is 0 Å². The highest BCUT2D eigenvalue weighted by Crippen LogP contribution is 2.25. The Balaban J connectivity index is 0.00000242. The van der Waals surface area contributed by atoms with Gasteiger partial charge in [0.25, 0.3) is 11.6 Å². The molecule has 1 amide bonds. The molecule has 1 aromatic carbocycles. The summed E-state index contributed by atoms with van der Waals surface area (Å²) in [5, 5.41) is 10.8. The average Bonchev–Trinajstić information content (AvgIpc) is 2.45. The zero-order valence-corrected chi connectivity index (χ0v) is 13.0. The molecular formula is C14H19ClFN3O3. The van der Waals surface area contributed by atoms with Crippen LogP contribution in [0.3, 0.4) is 0 Å². The van der Waals surface area contributed by atoms with Gasteiger partial charge in [-0.15, -0.1) is 12.4 Å². The van der Waals surface area contributed by atoms with E-state index in [1.54, 1.807) is 4.90 Å². The van der Waals surface area contributed by atoms with E-state index in [2.05, 4.69) is 0 Å². The number of benzene rings is 1. The highest BCUT2D eigenvalue weighted by Gasteiger charge is 2.32. The van der Waals surface area contributed by atoms with E-state index in [-0.39, 0.29) is 29.9 Å². The molecule has 8 heteroatoms. The van der Waals surface area contributed by atoms with Crippen molar-refractivity contribution in [3.63, 3.8) is 0 Å². The van der Waals surface area contributed by atoms with Crippen molar-refractivity contribution in [3.05, 3.63) is 39.7 Å². The average molecular weight is 332 g/mol. The van der Waals surface area contributed by atoms with Crippen molar-refractivity contribution in [2.24, 2.45) is 11.7 Å². The Labute approximate surface area is 134 Å².